The fraction of sp³-hybridized carbons (Fsp3) is 0.440. The van der Waals surface area contributed by atoms with E-state index in [1.807, 2.05) is 49.4 Å². The van der Waals surface area contributed by atoms with E-state index in [-0.39, 0.29) is 30.3 Å². The van der Waals surface area contributed by atoms with Gasteiger partial charge in [-0.1, -0.05) is 61.3 Å². The van der Waals surface area contributed by atoms with Crippen molar-refractivity contribution in [2.45, 2.75) is 64.5 Å². The highest BCUT2D eigenvalue weighted by Gasteiger charge is 2.51. The number of halogens is 2. The van der Waals surface area contributed by atoms with E-state index < -0.39 is 5.41 Å². The zero-order valence-corrected chi connectivity index (χ0v) is 19.2. The second kappa shape index (κ2) is 9.41. The van der Waals surface area contributed by atoms with Crippen LogP contribution in [0, 0.1) is 16.7 Å². The minimum atomic E-state index is -0.729. The van der Waals surface area contributed by atoms with E-state index in [0.29, 0.717) is 16.5 Å². The third-order valence-corrected chi connectivity index (χ3v) is 6.88. The average molecular weight is 443 g/mol. The molecule has 158 valence electrons. The predicted octanol–water partition coefficient (Wildman–Crippen LogP) is 7.16. The molecule has 3 atom stereocenters. The van der Waals surface area contributed by atoms with Crippen LogP contribution in [-0.4, -0.2) is 16.8 Å². The Hall–Kier alpha value is -2.02. The van der Waals surface area contributed by atoms with Gasteiger partial charge in [-0.05, 0) is 61.6 Å². The molecular formula is C25H28Cl2N2O. The van der Waals surface area contributed by atoms with E-state index in [9.17, 15) is 10.1 Å². The number of piperidine rings is 1. The molecule has 3 nitrogen and oxygen atoms in total. The van der Waals surface area contributed by atoms with Gasteiger partial charge in [-0.25, -0.2) is 0 Å². The van der Waals surface area contributed by atoms with Gasteiger partial charge in [0.2, 0.25) is 5.91 Å². The smallest absolute Gasteiger partial charge is 0.230 e. The molecule has 0 radical (unpaired) electrons. The summed E-state index contributed by atoms with van der Waals surface area (Å²) >= 11 is 12.5. The zero-order chi connectivity index (χ0) is 21.9. The molecular weight excluding hydrogens is 415 g/mol. The van der Waals surface area contributed by atoms with E-state index in [1.165, 1.54) is 0 Å². The van der Waals surface area contributed by atoms with Crippen LogP contribution in [-0.2, 0) is 4.79 Å². The standard InChI is InChI=1S/C25H28Cl2N2O/c1-4-21(5-2)29-23(17-9-11-19(26)12-10-17)22(18-7-6-8-20(27)15-18)16-25(3,13-14-28)24(29)30/h6-12,15,21-23H,4-5,13,16H2,1-3H3/t22-,23?,25+/m1/s1. The minimum absolute atomic E-state index is 0.0292. The van der Waals surface area contributed by atoms with Crippen molar-refractivity contribution in [3.05, 3.63) is 69.7 Å². The SMILES string of the molecule is CCC(CC)N1C(=O)[C@@](C)(CC#N)C[C@H](c2cccc(Cl)c2)C1c1ccc(Cl)cc1. The van der Waals surface area contributed by atoms with E-state index in [0.717, 1.165) is 24.0 Å². The van der Waals surface area contributed by atoms with Gasteiger partial charge in [-0.15, -0.1) is 0 Å². The first-order chi connectivity index (χ1) is 14.3. The molecule has 1 amide bonds. The highest BCUT2D eigenvalue weighted by Crippen LogP contribution is 2.52. The lowest BCUT2D eigenvalue weighted by atomic mass is 9.67. The summed E-state index contributed by atoms with van der Waals surface area (Å²) in [6, 6.07) is 17.9. The van der Waals surface area contributed by atoms with Crippen LogP contribution in [0.4, 0.5) is 0 Å². The Bertz CT molecular complexity index is 933. The lowest BCUT2D eigenvalue weighted by molar-refractivity contribution is -0.154. The van der Waals surface area contributed by atoms with Gasteiger partial charge in [0, 0.05) is 28.4 Å². The van der Waals surface area contributed by atoms with Gasteiger partial charge in [0.25, 0.3) is 0 Å². The number of carbonyl (C=O) groups excluding carboxylic acids is 1. The predicted molar refractivity (Wildman–Crippen MR) is 123 cm³/mol. The first-order valence-electron chi connectivity index (χ1n) is 10.5. The second-order valence-corrected chi connectivity index (χ2v) is 9.31. The van der Waals surface area contributed by atoms with Gasteiger partial charge in [-0.3, -0.25) is 4.79 Å². The molecule has 1 aliphatic rings. The van der Waals surface area contributed by atoms with Gasteiger partial charge in [-0.2, -0.15) is 5.26 Å². The Kier molecular flexibility index (Phi) is 7.11. The number of hydrogen-bond acceptors (Lipinski definition) is 2. The average Bonchev–Trinajstić information content (AvgIpc) is 2.73. The molecule has 0 spiro atoms. The molecule has 30 heavy (non-hydrogen) atoms. The molecule has 0 saturated carbocycles. The summed E-state index contributed by atoms with van der Waals surface area (Å²) in [5.41, 5.74) is 1.42. The Labute approximate surface area is 189 Å². The highest BCUT2D eigenvalue weighted by molar-refractivity contribution is 6.30. The van der Waals surface area contributed by atoms with E-state index in [4.69, 9.17) is 23.2 Å². The summed E-state index contributed by atoms with van der Waals surface area (Å²) in [7, 11) is 0. The number of nitriles is 1. The Morgan fingerprint density at radius 1 is 1.10 bits per heavy atom. The molecule has 0 bridgehead atoms. The first kappa shape index (κ1) is 22.7. The van der Waals surface area contributed by atoms with Crippen molar-refractivity contribution < 1.29 is 4.79 Å². The fourth-order valence-corrected chi connectivity index (χ4v) is 5.13. The van der Waals surface area contributed by atoms with Crippen molar-refractivity contribution >= 4 is 29.1 Å². The van der Waals surface area contributed by atoms with Gasteiger partial charge < -0.3 is 4.90 Å². The van der Waals surface area contributed by atoms with Crippen LogP contribution >= 0.6 is 23.2 Å². The second-order valence-electron chi connectivity index (χ2n) is 8.44. The Balaban J connectivity index is 2.22. The fourth-order valence-electron chi connectivity index (χ4n) is 4.80. The van der Waals surface area contributed by atoms with Gasteiger partial charge in [0.05, 0.1) is 17.5 Å². The lowest BCUT2D eigenvalue weighted by Crippen LogP contribution is -2.55. The quantitative estimate of drug-likeness (QED) is 0.476. The van der Waals surface area contributed by atoms with Gasteiger partial charge in [0.15, 0.2) is 0 Å². The van der Waals surface area contributed by atoms with Crippen molar-refractivity contribution in [3.8, 4) is 6.07 Å². The van der Waals surface area contributed by atoms with Gasteiger partial charge >= 0.3 is 0 Å². The van der Waals surface area contributed by atoms with Crippen molar-refractivity contribution in [1.82, 2.24) is 4.90 Å². The molecule has 1 fully saturated rings. The normalized spacial score (nSPS) is 24.2. The number of hydrogen-bond donors (Lipinski definition) is 0. The maximum absolute atomic E-state index is 13.8. The van der Waals surface area contributed by atoms with E-state index in [1.54, 1.807) is 0 Å². The number of likely N-dealkylation sites (tertiary alicyclic amines) is 1. The molecule has 5 heteroatoms. The van der Waals surface area contributed by atoms with Gasteiger partial charge in [0.1, 0.15) is 0 Å². The summed E-state index contributed by atoms with van der Waals surface area (Å²) in [6.07, 6.45) is 2.52. The molecule has 3 rings (SSSR count). The lowest BCUT2D eigenvalue weighted by Gasteiger charge is -2.51. The van der Waals surface area contributed by atoms with Crippen molar-refractivity contribution in [3.63, 3.8) is 0 Å². The molecule has 0 aliphatic carbocycles. The number of amides is 1. The Morgan fingerprint density at radius 2 is 1.77 bits per heavy atom. The summed E-state index contributed by atoms with van der Waals surface area (Å²) in [5.74, 6) is 0.0949. The molecule has 2 aromatic carbocycles. The van der Waals surface area contributed by atoms with E-state index >= 15 is 0 Å². The molecule has 0 aromatic heterocycles. The molecule has 1 aliphatic heterocycles. The van der Waals surface area contributed by atoms with E-state index in [2.05, 4.69) is 30.9 Å². The van der Waals surface area contributed by atoms with Crippen LogP contribution in [0.25, 0.3) is 0 Å². The molecule has 1 heterocycles. The highest BCUT2D eigenvalue weighted by atomic mass is 35.5. The van der Waals surface area contributed by atoms with Crippen molar-refractivity contribution in [1.29, 1.82) is 5.26 Å². The van der Waals surface area contributed by atoms with Crippen LogP contribution in [0.3, 0.4) is 0 Å². The molecule has 2 aromatic rings. The Morgan fingerprint density at radius 3 is 2.33 bits per heavy atom. The summed E-state index contributed by atoms with van der Waals surface area (Å²) in [5, 5.41) is 10.8. The maximum atomic E-state index is 13.8. The summed E-state index contributed by atoms with van der Waals surface area (Å²) in [4.78, 5) is 15.9. The first-order valence-corrected chi connectivity index (χ1v) is 11.3. The zero-order valence-electron chi connectivity index (χ0n) is 17.7. The van der Waals surface area contributed by atoms with Crippen LogP contribution < -0.4 is 0 Å². The molecule has 1 unspecified atom stereocenters. The monoisotopic (exact) mass is 442 g/mol. The third-order valence-electron chi connectivity index (χ3n) is 6.40. The number of nitrogens with zero attached hydrogens (tertiary/aromatic N) is 2. The largest absolute Gasteiger partial charge is 0.332 e. The van der Waals surface area contributed by atoms with Crippen LogP contribution in [0.1, 0.15) is 69.5 Å². The maximum Gasteiger partial charge on any atom is 0.230 e. The summed E-state index contributed by atoms with van der Waals surface area (Å²) in [6.45, 7) is 6.17. The van der Waals surface area contributed by atoms with Crippen LogP contribution in [0.5, 0.6) is 0 Å². The molecule has 0 N–H and O–H groups in total. The topological polar surface area (TPSA) is 44.1 Å². The van der Waals surface area contributed by atoms with Crippen LogP contribution in [0.15, 0.2) is 48.5 Å². The molecule has 1 saturated heterocycles. The minimum Gasteiger partial charge on any atom is -0.332 e. The summed E-state index contributed by atoms with van der Waals surface area (Å²) < 4.78 is 0. The van der Waals surface area contributed by atoms with Crippen molar-refractivity contribution in [2.75, 3.05) is 0 Å². The number of benzene rings is 2. The number of carbonyl (C=O) groups is 1. The van der Waals surface area contributed by atoms with Crippen molar-refractivity contribution in [2.24, 2.45) is 5.41 Å². The third kappa shape index (κ3) is 4.36. The number of rotatable bonds is 6. The van der Waals surface area contributed by atoms with Crippen LogP contribution in [0.2, 0.25) is 10.0 Å².